The van der Waals surface area contributed by atoms with E-state index in [1.165, 1.54) is 6.20 Å². The molecular formula is C37H34N2O9. The molecule has 1 aromatic heterocycles. The zero-order chi connectivity index (χ0) is 33.7. The summed E-state index contributed by atoms with van der Waals surface area (Å²) in [5, 5.41) is 11.7. The molecule has 0 unspecified atom stereocenters. The first kappa shape index (κ1) is 32.5. The number of rotatable bonds is 11. The van der Waals surface area contributed by atoms with Gasteiger partial charge in [0.25, 0.3) is 5.56 Å². The predicted molar refractivity (Wildman–Crippen MR) is 175 cm³/mol. The molecule has 246 valence electrons. The molecule has 6 rings (SSSR count). The van der Waals surface area contributed by atoms with Crippen molar-refractivity contribution in [3.63, 3.8) is 0 Å². The number of hydrogen-bond donors (Lipinski definition) is 2. The average molecular weight is 651 g/mol. The fourth-order valence-electron chi connectivity index (χ4n) is 5.88. The second-order valence-corrected chi connectivity index (χ2v) is 11.1. The van der Waals surface area contributed by atoms with E-state index in [4.69, 9.17) is 23.7 Å². The minimum atomic E-state index is -1.43. The van der Waals surface area contributed by atoms with Gasteiger partial charge in [0, 0.05) is 12.3 Å². The van der Waals surface area contributed by atoms with E-state index in [0.29, 0.717) is 11.5 Å². The van der Waals surface area contributed by atoms with Crippen LogP contribution in [-0.2, 0) is 19.8 Å². The topological polar surface area (TPSA) is 138 Å². The Labute approximate surface area is 275 Å². The van der Waals surface area contributed by atoms with Crippen molar-refractivity contribution in [1.29, 1.82) is 0 Å². The van der Waals surface area contributed by atoms with E-state index >= 15 is 0 Å². The number of carbonyl (C=O) groups excluding carboxylic acids is 1. The van der Waals surface area contributed by atoms with Gasteiger partial charge in [-0.05, 0) is 53.1 Å². The highest BCUT2D eigenvalue weighted by Gasteiger charge is 2.49. The number of esters is 1. The molecule has 1 saturated heterocycles. The third-order valence-electron chi connectivity index (χ3n) is 8.33. The van der Waals surface area contributed by atoms with Crippen LogP contribution in [0.25, 0.3) is 0 Å². The molecule has 0 amide bonds. The maximum Gasteiger partial charge on any atom is 0.338 e. The summed E-state index contributed by atoms with van der Waals surface area (Å²) in [7, 11) is 3.17. The summed E-state index contributed by atoms with van der Waals surface area (Å²) in [5.74, 6) is 0.590. The summed E-state index contributed by atoms with van der Waals surface area (Å²) in [5.41, 5.74) is -0.0877. The number of nitrogens with zero attached hydrogens (tertiary/aromatic N) is 1. The van der Waals surface area contributed by atoms with Gasteiger partial charge in [0.05, 0.1) is 26.4 Å². The minimum absolute atomic E-state index is 0.206. The number of aliphatic hydroxyl groups is 1. The van der Waals surface area contributed by atoms with Crippen molar-refractivity contribution in [2.45, 2.75) is 30.1 Å². The van der Waals surface area contributed by atoms with Crippen molar-refractivity contribution in [1.82, 2.24) is 9.55 Å². The van der Waals surface area contributed by atoms with Gasteiger partial charge in [-0.3, -0.25) is 14.3 Å². The Balaban J connectivity index is 1.40. The Bertz CT molecular complexity index is 1890. The lowest BCUT2D eigenvalue weighted by molar-refractivity contribution is -0.0962. The molecule has 0 saturated carbocycles. The van der Waals surface area contributed by atoms with E-state index in [-0.39, 0.29) is 12.2 Å². The van der Waals surface area contributed by atoms with Gasteiger partial charge in [0.15, 0.2) is 12.3 Å². The molecule has 5 aromatic rings. The summed E-state index contributed by atoms with van der Waals surface area (Å²) in [4.78, 5) is 40.1. The van der Waals surface area contributed by atoms with Gasteiger partial charge >= 0.3 is 11.7 Å². The van der Waals surface area contributed by atoms with Gasteiger partial charge in [-0.1, -0.05) is 72.8 Å². The van der Waals surface area contributed by atoms with Crippen LogP contribution in [0.5, 0.6) is 11.5 Å². The van der Waals surface area contributed by atoms with Crippen LogP contribution >= 0.6 is 0 Å². The molecule has 2 heterocycles. The fourth-order valence-corrected chi connectivity index (χ4v) is 5.88. The third-order valence-corrected chi connectivity index (χ3v) is 8.33. The highest BCUT2D eigenvalue weighted by Crippen LogP contribution is 2.43. The SMILES string of the molecule is COc1ccc(C(OC[C@H]2O[C@@H](n3ccc(=O)[nH]c3=O)[C@H](OC(=O)c3ccccc3)[C@@H]2O)(c2ccccc2)c2ccc(OC)cc2)cc1. The van der Waals surface area contributed by atoms with Gasteiger partial charge in [-0.15, -0.1) is 0 Å². The van der Waals surface area contributed by atoms with Crippen molar-refractivity contribution < 1.29 is 33.6 Å². The van der Waals surface area contributed by atoms with Gasteiger partial charge in [-0.2, -0.15) is 0 Å². The number of aromatic nitrogens is 2. The molecule has 0 radical (unpaired) electrons. The number of H-pyrrole nitrogens is 1. The third kappa shape index (κ3) is 6.39. The number of aromatic amines is 1. The second kappa shape index (κ2) is 14.1. The molecule has 1 aliphatic heterocycles. The highest BCUT2D eigenvalue weighted by atomic mass is 16.6. The van der Waals surface area contributed by atoms with Crippen molar-refractivity contribution in [2.24, 2.45) is 0 Å². The van der Waals surface area contributed by atoms with Crippen molar-refractivity contribution in [2.75, 3.05) is 20.8 Å². The van der Waals surface area contributed by atoms with E-state index in [1.807, 2.05) is 78.9 Å². The van der Waals surface area contributed by atoms with Crippen LogP contribution in [0, 0.1) is 0 Å². The van der Waals surface area contributed by atoms with Crippen LogP contribution < -0.4 is 20.7 Å². The lowest BCUT2D eigenvalue weighted by atomic mass is 9.80. The molecule has 4 aromatic carbocycles. The quantitative estimate of drug-likeness (QED) is 0.160. The Hall–Kier alpha value is -5.49. The Kier molecular flexibility index (Phi) is 9.53. The summed E-state index contributed by atoms with van der Waals surface area (Å²) < 4.78 is 30.9. The molecule has 11 nitrogen and oxygen atoms in total. The monoisotopic (exact) mass is 650 g/mol. The number of hydrogen-bond acceptors (Lipinski definition) is 9. The zero-order valence-corrected chi connectivity index (χ0v) is 26.2. The standard InChI is InChI=1S/C37H34N2O9/c1-44-28-17-13-26(14-18-28)37(25-11-7-4-8-12-25,27-15-19-29(45-2)20-16-27)46-23-30-32(41)33(48-35(42)24-9-5-3-6-10-24)34(47-30)39-22-21-31(40)38-36(39)43/h3-22,30,32-34,41H,23H2,1-2H3,(H,38,40,43)/t30-,32-,33-,34-/m1/s1. The number of methoxy groups -OCH3 is 2. The number of carbonyl (C=O) groups is 1. The van der Waals surface area contributed by atoms with Crippen LogP contribution in [0.4, 0.5) is 0 Å². The summed E-state index contributed by atoms with van der Waals surface area (Å²) in [6.07, 6.45) is -3.89. The number of benzene rings is 4. The smallest absolute Gasteiger partial charge is 0.338 e. The molecule has 11 heteroatoms. The summed E-state index contributed by atoms with van der Waals surface area (Å²) >= 11 is 0. The number of nitrogens with one attached hydrogen (secondary N) is 1. The molecule has 0 bridgehead atoms. The van der Waals surface area contributed by atoms with E-state index in [9.17, 15) is 19.5 Å². The zero-order valence-electron chi connectivity index (χ0n) is 26.2. The molecule has 0 spiro atoms. The van der Waals surface area contributed by atoms with E-state index in [2.05, 4.69) is 4.98 Å². The first-order chi connectivity index (χ1) is 23.3. The molecular weight excluding hydrogens is 616 g/mol. The van der Waals surface area contributed by atoms with Crippen LogP contribution in [0.3, 0.4) is 0 Å². The first-order valence-electron chi connectivity index (χ1n) is 15.2. The second-order valence-electron chi connectivity index (χ2n) is 11.1. The Morgan fingerprint density at radius 3 is 1.88 bits per heavy atom. The lowest BCUT2D eigenvalue weighted by Crippen LogP contribution is -2.41. The van der Waals surface area contributed by atoms with Crippen molar-refractivity contribution >= 4 is 5.97 Å². The summed E-state index contributed by atoms with van der Waals surface area (Å²) in [6, 6.07) is 33.9. The van der Waals surface area contributed by atoms with Crippen LogP contribution in [0.2, 0.25) is 0 Å². The van der Waals surface area contributed by atoms with Gasteiger partial charge in [0.1, 0.15) is 29.3 Å². The Morgan fingerprint density at radius 2 is 1.33 bits per heavy atom. The van der Waals surface area contributed by atoms with Crippen LogP contribution in [0.15, 0.2) is 131 Å². The maximum absolute atomic E-state index is 13.2. The van der Waals surface area contributed by atoms with E-state index < -0.39 is 47.4 Å². The fraction of sp³-hybridized carbons (Fsp3) is 0.216. The highest BCUT2D eigenvalue weighted by molar-refractivity contribution is 5.89. The molecule has 0 aliphatic carbocycles. The van der Waals surface area contributed by atoms with Gasteiger partial charge in [-0.25, -0.2) is 9.59 Å². The summed E-state index contributed by atoms with van der Waals surface area (Å²) in [6.45, 7) is -0.206. The van der Waals surface area contributed by atoms with Crippen molar-refractivity contribution in [3.05, 3.63) is 165 Å². The van der Waals surface area contributed by atoms with E-state index in [0.717, 1.165) is 27.3 Å². The van der Waals surface area contributed by atoms with Crippen molar-refractivity contribution in [3.8, 4) is 11.5 Å². The largest absolute Gasteiger partial charge is 0.497 e. The molecule has 2 N–H and O–H groups in total. The molecule has 48 heavy (non-hydrogen) atoms. The number of ether oxygens (including phenoxy) is 5. The normalized spacial score (nSPS) is 19.1. The minimum Gasteiger partial charge on any atom is -0.497 e. The van der Waals surface area contributed by atoms with Crippen LogP contribution in [-0.4, -0.2) is 59.8 Å². The Morgan fingerprint density at radius 1 is 0.792 bits per heavy atom. The molecule has 4 atom stereocenters. The first-order valence-corrected chi connectivity index (χ1v) is 15.2. The average Bonchev–Trinajstić information content (AvgIpc) is 3.43. The van der Waals surface area contributed by atoms with Gasteiger partial charge < -0.3 is 28.8 Å². The van der Waals surface area contributed by atoms with Gasteiger partial charge in [0.2, 0.25) is 0 Å². The molecule has 1 aliphatic rings. The predicted octanol–water partition coefficient (Wildman–Crippen LogP) is 4.05. The van der Waals surface area contributed by atoms with E-state index in [1.54, 1.807) is 44.6 Å². The number of aliphatic hydroxyl groups excluding tert-OH is 1. The molecule has 1 fully saturated rings. The van der Waals surface area contributed by atoms with Crippen LogP contribution in [0.1, 0.15) is 33.3 Å². The maximum atomic E-state index is 13.2. The lowest BCUT2D eigenvalue weighted by Gasteiger charge is -2.37.